The highest BCUT2D eigenvalue weighted by molar-refractivity contribution is 5.82. The Morgan fingerprint density at radius 2 is 1.22 bits per heavy atom. The Kier molecular flexibility index (Phi) is 12.0. The summed E-state index contributed by atoms with van der Waals surface area (Å²) in [5.74, 6) is -6.16. The SMILES string of the molecule is C=COC(CC)CC1(C(=O)O)CC(C(=O)O)CC(C(=O)O)C1(CC(CC)OC=C)CC(CC)OC=C. The molecular formula is C27H42O9. The van der Waals surface area contributed by atoms with Gasteiger partial charge in [-0.15, -0.1) is 0 Å². The molecule has 0 aliphatic heterocycles. The third-order valence-electron chi connectivity index (χ3n) is 7.78. The molecule has 204 valence electrons. The molecular weight excluding hydrogens is 468 g/mol. The van der Waals surface area contributed by atoms with Gasteiger partial charge in [-0.3, -0.25) is 14.4 Å². The minimum Gasteiger partial charge on any atom is -0.499 e. The van der Waals surface area contributed by atoms with E-state index in [1.165, 1.54) is 18.8 Å². The zero-order valence-corrected chi connectivity index (χ0v) is 21.7. The highest BCUT2D eigenvalue weighted by Crippen LogP contribution is 2.63. The maximum atomic E-state index is 13.4. The lowest BCUT2D eigenvalue weighted by molar-refractivity contribution is -0.200. The fourth-order valence-electron chi connectivity index (χ4n) is 5.98. The fraction of sp³-hybridized carbons (Fsp3) is 0.667. The molecule has 1 rings (SSSR count). The predicted octanol–water partition coefficient (Wildman–Crippen LogP) is 5.23. The molecule has 9 nitrogen and oxygen atoms in total. The summed E-state index contributed by atoms with van der Waals surface area (Å²) in [6.45, 7) is 16.4. The monoisotopic (exact) mass is 510 g/mol. The predicted molar refractivity (Wildman–Crippen MR) is 134 cm³/mol. The van der Waals surface area contributed by atoms with Crippen LogP contribution in [0.3, 0.4) is 0 Å². The van der Waals surface area contributed by atoms with Crippen molar-refractivity contribution in [1.29, 1.82) is 0 Å². The van der Waals surface area contributed by atoms with Crippen molar-refractivity contribution in [3.63, 3.8) is 0 Å². The largest absolute Gasteiger partial charge is 0.499 e. The van der Waals surface area contributed by atoms with Gasteiger partial charge in [0, 0.05) is 11.8 Å². The third kappa shape index (κ3) is 6.62. The summed E-state index contributed by atoms with van der Waals surface area (Å²) in [5.41, 5.74) is -3.20. The molecule has 0 radical (unpaired) electrons. The van der Waals surface area contributed by atoms with E-state index in [1.54, 1.807) is 0 Å². The second-order valence-corrected chi connectivity index (χ2v) is 9.52. The molecule has 0 aromatic carbocycles. The van der Waals surface area contributed by atoms with Gasteiger partial charge in [-0.2, -0.15) is 0 Å². The van der Waals surface area contributed by atoms with Crippen LogP contribution in [-0.4, -0.2) is 51.5 Å². The molecule has 0 saturated heterocycles. The van der Waals surface area contributed by atoms with E-state index in [2.05, 4.69) is 19.7 Å². The molecule has 0 spiro atoms. The van der Waals surface area contributed by atoms with E-state index in [0.717, 1.165) is 0 Å². The lowest BCUT2D eigenvalue weighted by Crippen LogP contribution is -2.62. The average Bonchev–Trinajstić information content (AvgIpc) is 2.83. The first kappa shape index (κ1) is 31.1. The molecule has 0 aromatic rings. The Morgan fingerprint density at radius 3 is 1.53 bits per heavy atom. The van der Waals surface area contributed by atoms with E-state index in [-0.39, 0.29) is 32.1 Å². The second kappa shape index (κ2) is 13.9. The maximum absolute atomic E-state index is 13.4. The number of hydrogen-bond donors (Lipinski definition) is 3. The van der Waals surface area contributed by atoms with Crippen LogP contribution in [-0.2, 0) is 28.6 Å². The minimum atomic E-state index is -1.77. The van der Waals surface area contributed by atoms with Gasteiger partial charge in [0.2, 0.25) is 0 Å². The molecule has 1 aliphatic carbocycles. The Hall–Kier alpha value is -2.97. The zero-order valence-electron chi connectivity index (χ0n) is 21.7. The molecule has 3 N–H and O–H groups in total. The van der Waals surface area contributed by atoms with Gasteiger partial charge in [0.05, 0.1) is 54.3 Å². The van der Waals surface area contributed by atoms with E-state index < -0.39 is 58.9 Å². The molecule has 1 aliphatic rings. The van der Waals surface area contributed by atoms with Crippen molar-refractivity contribution in [3.8, 4) is 0 Å². The van der Waals surface area contributed by atoms with E-state index >= 15 is 0 Å². The summed E-state index contributed by atoms with van der Waals surface area (Å²) >= 11 is 0. The van der Waals surface area contributed by atoms with Gasteiger partial charge >= 0.3 is 17.9 Å². The molecule has 6 atom stereocenters. The molecule has 0 aromatic heterocycles. The molecule has 0 amide bonds. The summed E-state index contributed by atoms with van der Waals surface area (Å²) in [5, 5.41) is 31.3. The molecule has 0 heterocycles. The van der Waals surface area contributed by atoms with Crippen molar-refractivity contribution in [1.82, 2.24) is 0 Å². The van der Waals surface area contributed by atoms with Crippen molar-refractivity contribution in [2.45, 2.75) is 90.4 Å². The number of hydrogen-bond acceptors (Lipinski definition) is 6. The first-order valence-electron chi connectivity index (χ1n) is 12.5. The van der Waals surface area contributed by atoms with Gasteiger partial charge in [0.1, 0.15) is 0 Å². The van der Waals surface area contributed by atoms with E-state index in [4.69, 9.17) is 14.2 Å². The Bertz CT molecular complexity index is 772. The van der Waals surface area contributed by atoms with E-state index in [1.807, 2.05) is 20.8 Å². The quantitative estimate of drug-likeness (QED) is 0.212. The number of rotatable bonds is 18. The number of carboxylic acids is 3. The fourth-order valence-corrected chi connectivity index (χ4v) is 5.98. The van der Waals surface area contributed by atoms with Gasteiger partial charge in [-0.25, -0.2) is 0 Å². The van der Waals surface area contributed by atoms with Crippen LogP contribution in [0, 0.1) is 22.7 Å². The summed E-state index contributed by atoms with van der Waals surface area (Å²) in [6.07, 6.45) is 3.02. The van der Waals surface area contributed by atoms with E-state index in [9.17, 15) is 29.7 Å². The normalized spacial score (nSPS) is 28.1. The van der Waals surface area contributed by atoms with Gasteiger partial charge in [0.15, 0.2) is 0 Å². The van der Waals surface area contributed by atoms with Gasteiger partial charge in [-0.1, -0.05) is 40.5 Å². The Balaban J connectivity index is 4.06. The van der Waals surface area contributed by atoms with Crippen molar-refractivity contribution < 1.29 is 43.9 Å². The number of carbonyl (C=O) groups is 3. The molecule has 36 heavy (non-hydrogen) atoms. The second-order valence-electron chi connectivity index (χ2n) is 9.52. The lowest BCUT2D eigenvalue weighted by atomic mass is 9.44. The maximum Gasteiger partial charge on any atom is 0.310 e. The third-order valence-corrected chi connectivity index (χ3v) is 7.78. The number of aliphatic carboxylic acids is 3. The standard InChI is InChI=1S/C27H42O9/c1-7-19(34-10-4)15-26(16-20(8-2)35-11-5)22(24(30)31)13-18(23(28)29)14-27(26,25(32)33)17-21(9-3)36-12-6/h10-12,18-22H,4-9,13-17H2,1-3H3,(H,28,29)(H,30,31)(H,32,33). The van der Waals surface area contributed by atoms with Crippen molar-refractivity contribution >= 4 is 17.9 Å². The highest BCUT2D eigenvalue weighted by Gasteiger charge is 2.67. The van der Waals surface area contributed by atoms with Gasteiger partial charge in [-0.05, 0) is 44.9 Å². The van der Waals surface area contributed by atoms with Crippen molar-refractivity contribution in [3.05, 3.63) is 38.5 Å². The number of ether oxygens (including phenoxy) is 3. The summed E-state index contributed by atoms with van der Waals surface area (Å²) in [4.78, 5) is 38.4. The van der Waals surface area contributed by atoms with Crippen LogP contribution in [0.2, 0.25) is 0 Å². The summed E-state index contributed by atoms with van der Waals surface area (Å²) < 4.78 is 17.0. The van der Waals surface area contributed by atoms with E-state index in [0.29, 0.717) is 19.3 Å². The summed E-state index contributed by atoms with van der Waals surface area (Å²) in [6, 6.07) is 0. The smallest absolute Gasteiger partial charge is 0.310 e. The van der Waals surface area contributed by atoms with Crippen LogP contribution >= 0.6 is 0 Å². The minimum absolute atomic E-state index is 0.0622. The van der Waals surface area contributed by atoms with Crippen molar-refractivity contribution in [2.75, 3.05) is 0 Å². The first-order valence-corrected chi connectivity index (χ1v) is 12.5. The Morgan fingerprint density at radius 1 is 0.806 bits per heavy atom. The molecule has 9 heteroatoms. The van der Waals surface area contributed by atoms with Crippen LogP contribution < -0.4 is 0 Å². The van der Waals surface area contributed by atoms with Gasteiger partial charge in [0.25, 0.3) is 0 Å². The van der Waals surface area contributed by atoms with Gasteiger partial charge < -0.3 is 29.5 Å². The molecule has 1 saturated carbocycles. The molecule has 1 fully saturated rings. The van der Waals surface area contributed by atoms with Crippen LogP contribution in [0.5, 0.6) is 0 Å². The Labute approximate surface area is 213 Å². The topological polar surface area (TPSA) is 140 Å². The van der Waals surface area contributed by atoms with Crippen LogP contribution in [0.15, 0.2) is 38.5 Å². The molecule has 6 unspecified atom stereocenters. The summed E-state index contributed by atoms with van der Waals surface area (Å²) in [7, 11) is 0. The first-order chi connectivity index (χ1) is 17.0. The van der Waals surface area contributed by atoms with Crippen LogP contribution in [0.1, 0.15) is 72.1 Å². The number of carboxylic acid groups (broad SMARTS) is 3. The van der Waals surface area contributed by atoms with Crippen LogP contribution in [0.4, 0.5) is 0 Å². The average molecular weight is 511 g/mol. The zero-order chi connectivity index (χ0) is 27.5. The lowest BCUT2D eigenvalue weighted by Gasteiger charge is -2.57. The molecule has 0 bridgehead atoms. The van der Waals surface area contributed by atoms with Crippen LogP contribution in [0.25, 0.3) is 0 Å². The highest BCUT2D eigenvalue weighted by atomic mass is 16.5. The van der Waals surface area contributed by atoms with Crippen molar-refractivity contribution in [2.24, 2.45) is 22.7 Å².